The van der Waals surface area contributed by atoms with Crippen molar-refractivity contribution in [1.29, 1.82) is 0 Å². The van der Waals surface area contributed by atoms with Crippen LogP contribution in [0, 0.1) is 18.7 Å². The van der Waals surface area contributed by atoms with Gasteiger partial charge in [0.1, 0.15) is 12.4 Å². The quantitative estimate of drug-likeness (QED) is 0.173. The molecule has 1 aromatic heterocycles. The number of methoxy groups -OCH3 is 1. The number of esters is 1. The number of ether oxygens (including phenoxy) is 2. The standard InChI is InChI=1S/C23H25F3N2O5.C7H7F/c1-4-15(12-16-5-7-17(8-6-16)23(24,25)26)11-14(2)33-19(29)13-28-22(31)20-21(30)18(32-3)9-10-27-20;1-6-2-4-7(8)5-3-6/h4-10,14-15,30H,1,11-13H2,2-3H3,(H,28,31);2-5H,1H3/t14?,15-;/m0./s1. The molecule has 1 amide bonds. The number of allylic oxidation sites excluding steroid dienone is 1. The molecule has 0 radical (unpaired) electrons. The summed E-state index contributed by atoms with van der Waals surface area (Å²) in [5, 5.41) is 12.3. The van der Waals surface area contributed by atoms with Crippen LogP contribution in [0.2, 0.25) is 0 Å². The van der Waals surface area contributed by atoms with Crippen LogP contribution in [0.5, 0.6) is 11.5 Å². The van der Waals surface area contributed by atoms with Gasteiger partial charge in [-0.1, -0.05) is 35.9 Å². The highest BCUT2D eigenvalue weighted by Crippen LogP contribution is 2.30. The minimum absolute atomic E-state index is 0.0647. The normalized spacial score (nSPS) is 12.3. The van der Waals surface area contributed by atoms with Gasteiger partial charge in [-0.25, -0.2) is 9.37 Å². The molecule has 220 valence electrons. The lowest BCUT2D eigenvalue weighted by Crippen LogP contribution is -2.33. The summed E-state index contributed by atoms with van der Waals surface area (Å²) in [6, 6.07) is 12.6. The number of carbonyl (C=O) groups is 2. The second-order valence-electron chi connectivity index (χ2n) is 9.12. The van der Waals surface area contributed by atoms with E-state index in [1.807, 2.05) is 6.92 Å². The Morgan fingerprint density at radius 3 is 2.27 bits per heavy atom. The summed E-state index contributed by atoms with van der Waals surface area (Å²) in [6.45, 7) is 6.89. The van der Waals surface area contributed by atoms with Gasteiger partial charge in [-0.15, -0.1) is 6.58 Å². The van der Waals surface area contributed by atoms with Crippen LogP contribution in [-0.4, -0.2) is 41.7 Å². The third kappa shape index (κ3) is 10.9. The van der Waals surface area contributed by atoms with Gasteiger partial charge < -0.3 is 19.9 Å². The number of carbonyl (C=O) groups excluding carboxylic acids is 2. The van der Waals surface area contributed by atoms with Crippen molar-refractivity contribution in [3.63, 3.8) is 0 Å². The third-order valence-electron chi connectivity index (χ3n) is 5.81. The summed E-state index contributed by atoms with van der Waals surface area (Å²) >= 11 is 0. The zero-order chi connectivity index (χ0) is 30.6. The monoisotopic (exact) mass is 576 g/mol. The molecule has 0 aliphatic carbocycles. The fourth-order valence-corrected chi connectivity index (χ4v) is 3.67. The molecule has 3 aromatic rings. The molecule has 0 fully saturated rings. The van der Waals surface area contributed by atoms with E-state index in [1.165, 1.54) is 43.6 Å². The summed E-state index contributed by atoms with van der Waals surface area (Å²) in [6.07, 6.45) is -1.17. The first kappa shape index (κ1) is 32.8. The Kier molecular flexibility index (Phi) is 12.3. The fourth-order valence-electron chi connectivity index (χ4n) is 3.67. The summed E-state index contributed by atoms with van der Waals surface area (Å²) in [4.78, 5) is 28.0. The van der Waals surface area contributed by atoms with Gasteiger partial charge in [-0.3, -0.25) is 9.59 Å². The first-order chi connectivity index (χ1) is 19.3. The lowest BCUT2D eigenvalue weighted by molar-refractivity contribution is -0.147. The lowest BCUT2D eigenvalue weighted by Gasteiger charge is -2.19. The number of rotatable bonds is 10. The largest absolute Gasteiger partial charge is 0.503 e. The first-order valence-corrected chi connectivity index (χ1v) is 12.5. The number of aromatic nitrogens is 1. The molecule has 0 bridgehead atoms. The van der Waals surface area contributed by atoms with E-state index >= 15 is 0 Å². The number of pyridine rings is 1. The fraction of sp³-hybridized carbons (Fsp3) is 0.300. The molecule has 1 heterocycles. The molecule has 0 aliphatic heterocycles. The molecular formula is C30H32F4N2O5. The van der Waals surface area contributed by atoms with E-state index in [1.54, 1.807) is 25.1 Å². The zero-order valence-electron chi connectivity index (χ0n) is 22.9. The van der Waals surface area contributed by atoms with E-state index in [4.69, 9.17) is 9.47 Å². The van der Waals surface area contributed by atoms with Crippen molar-refractivity contribution in [3.05, 3.63) is 102 Å². The zero-order valence-corrected chi connectivity index (χ0v) is 22.9. The van der Waals surface area contributed by atoms with Gasteiger partial charge >= 0.3 is 12.1 Å². The van der Waals surface area contributed by atoms with Gasteiger partial charge in [-0.05, 0) is 62.4 Å². The minimum Gasteiger partial charge on any atom is -0.503 e. The van der Waals surface area contributed by atoms with Crippen LogP contribution in [-0.2, 0) is 22.1 Å². The van der Waals surface area contributed by atoms with Crippen molar-refractivity contribution < 1.29 is 41.7 Å². The number of aryl methyl sites for hydroxylation is 1. The number of hydrogen-bond donors (Lipinski definition) is 2. The van der Waals surface area contributed by atoms with E-state index in [0.29, 0.717) is 18.4 Å². The Morgan fingerprint density at radius 1 is 1.10 bits per heavy atom. The van der Waals surface area contributed by atoms with Crippen molar-refractivity contribution in [2.24, 2.45) is 5.92 Å². The molecular weight excluding hydrogens is 544 g/mol. The SMILES string of the molecule is C=C[C@H](Cc1ccc(C(F)(F)F)cc1)CC(C)OC(=O)CNC(=O)c1nccc(OC)c1O.Cc1ccc(F)cc1. The van der Waals surface area contributed by atoms with Crippen molar-refractivity contribution in [2.45, 2.75) is 39.0 Å². The minimum atomic E-state index is -4.39. The van der Waals surface area contributed by atoms with E-state index in [-0.39, 0.29) is 23.2 Å². The first-order valence-electron chi connectivity index (χ1n) is 12.5. The Bertz CT molecular complexity index is 1270. The molecule has 0 saturated heterocycles. The van der Waals surface area contributed by atoms with E-state index in [9.17, 15) is 32.3 Å². The van der Waals surface area contributed by atoms with Gasteiger partial charge in [-0.2, -0.15) is 13.2 Å². The Hall–Kier alpha value is -4.41. The number of alkyl halides is 3. The van der Waals surface area contributed by atoms with Crippen molar-refractivity contribution >= 4 is 11.9 Å². The number of nitrogens with zero attached hydrogens (tertiary/aromatic N) is 1. The van der Waals surface area contributed by atoms with Crippen LogP contribution in [0.1, 0.15) is 40.5 Å². The molecule has 41 heavy (non-hydrogen) atoms. The predicted molar refractivity (Wildman–Crippen MR) is 145 cm³/mol. The molecule has 2 aromatic carbocycles. The van der Waals surface area contributed by atoms with Crippen LogP contribution in [0.3, 0.4) is 0 Å². The van der Waals surface area contributed by atoms with Gasteiger partial charge in [0.25, 0.3) is 5.91 Å². The summed E-state index contributed by atoms with van der Waals surface area (Å²) in [5.74, 6) is -2.17. The third-order valence-corrected chi connectivity index (χ3v) is 5.81. The molecule has 2 atom stereocenters. The topological polar surface area (TPSA) is 97.8 Å². The van der Waals surface area contributed by atoms with Crippen LogP contribution in [0.15, 0.2) is 73.4 Å². The van der Waals surface area contributed by atoms with Gasteiger partial charge in [0, 0.05) is 12.3 Å². The van der Waals surface area contributed by atoms with Gasteiger partial charge in [0.15, 0.2) is 17.2 Å². The van der Waals surface area contributed by atoms with Crippen molar-refractivity contribution in [3.8, 4) is 11.5 Å². The average molecular weight is 577 g/mol. The lowest BCUT2D eigenvalue weighted by atomic mass is 9.93. The van der Waals surface area contributed by atoms with Crippen LogP contribution in [0.25, 0.3) is 0 Å². The molecule has 0 saturated carbocycles. The highest BCUT2D eigenvalue weighted by molar-refractivity contribution is 5.97. The van der Waals surface area contributed by atoms with Crippen molar-refractivity contribution in [1.82, 2.24) is 10.3 Å². The molecule has 2 N–H and O–H groups in total. The number of benzene rings is 2. The van der Waals surface area contributed by atoms with Gasteiger partial charge in [0.05, 0.1) is 18.8 Å². The van der Waals surface area contributed by atoms with Crippen molar-refractivity contribution in [2.75, 3.05) is 13.7 Å². The molecule has 1 unspecified atom stereocenters. The highest BCUT2D eigenvalue weighted by atomic mass is 19.4. The highest BCUT2D eigenvalue weighted by Gasteiger charge is 2.30. The smallest absolute Gasteiger partial charge is 0.416 e. The number of amides is 1. The maximum Gasteiger partial charge on any atom is 0.416 e. The van der Waals surface area contributed by atoms with E-state index in [2.05, 4.69) is 16.9 Å². The Balaban J connectivity index is 0.000000629. The second-order valence-corrected chi connectivity index (χ2v) is 9.12. The van der Waals surface area contributed by atoms with E-state index in [0.717, 1.165) is 17.7 Å². The Morgan fingerprint density at radius 2 is 1.73 bits per heavy atom. The number of halogens is 4. The number of hydrogen-bond acceptors (Lipinski definition) is 6. The predicted octanol–water partition coefficient (Wildman–Crippen LogP) is 6.05. The maximum absolute atomic E-state index is 12.7. The van der Waals surface area contributed by atoms with Crippen LogP contribution in [0.4, 0.5) is 17.6 Å². The average Bonchev–Trinajstić information content (AvgIpc) is 2.93. The molecule has 0 aliphatic rings. The van der Waals surface area contributed by atoms with E-state index < -0.39 is 42.0 Å². The molecule has 11 heteroatoms. The summed E-state index contributed by atoms with van der Waals surface area (Å²) < 4.78 is 60.4. The second kappa shape index (κ2) is 15.4. The molecule has 0 spiro atoms. The Labute approximate surface area is 235 Å². The van der Waals surface area contributed by atoms with Crippen LogP contribution < -0.4 is 10.1 Å². The molecule has 7 nitrogen and oxygen atoms in total. The summed E-state index contributed by atoms with van der Waals surface area (Å²) in [7, 11) is 1.32. The number of nitrogens with one attached hydrogen (secondary N) is 1. The van der Waals surface area contributed by atoms with Crippen LogP contribution >= 0.6 is 0 Å². The summed E-state index contributed by atoms with van der Waals surface area (Å²) in [5.41, 5.74) is 0.775. The maximum atomic E-state index is 12.7. The van der Waals surface area contributed by atoms with Gasteiger partial charge in [0.2, 0.25) is 0 Å². The molecule has 3 rings (SSSR count). The number of aromatic hydroxyl groups is 1.